The number of halogens is 1. The fourth-order valence-electron chi connectivity index (χ4n) is 2.41. The highest BCUT2D eigenvalue weighted by Gasteiger charge is 2.34. The summed E-state index contributed by atoms with van der Waals surface area (Å²) >= 11 is 3.22. The zero-order valence-electron chi connectivity index (χ0n) is 11.6. The molecule has 0 radical (unpaired) electrons. The van der Waals surface area contributed by atoms with Gasteiger partial charge in [-0.1, -0.05) is 0 Å². The smallest absolute Gasteiger partial charge is 0.246 e. The summed E-state index contributed by atoms with van der Waals surface area (Å²) in [5.41, 5.74) is 0. The maximum atomic E-state index is 12.1. The van der Waals surface area contributed by atoms with E-state index in [1.165, 1.54) is 6.08 Å². The number of nitrogens with zero attached hydrogens (tertiary/aromatic N) is 2. The highest BCUT2D eigenvalue weighted by atomic mass is 79.9. The fourth-order valence-corrected chi connectivity index (χ4v) is 2.73. The minimum Gasteiger partial charge on any atom is -0.450 e. The van der Waals surface area contributed by atoms with E-state index >= 15 is 0 Å². The number of hydrogen-bond acceptors (Lipinski definition) is 3. The monoisotopic (exact) mass is 352 g/mol. The van der Waals surface area contributed by atoms with Gasteiger partial charge in [-0.3, -0.25) is 9.59 Å². The Hall–Kier alpha value is -1.56. The molecule has 0 bridgehead atoms. The largest absolute Gasteiger partial charge is 0.450 e. The number of carbonyl (C=O) groups excluding carboxylic acids is 2. The van der Waals surface area contributed by atoms with E-state index in [1.807, 2.05) is 4.90 Å². The summed E-state index contributed by atoms with van der Waals surface area (Å²) in [6.45, 7) is 2.48. The maximum absolute atomic E-state index is 12.1. The lowest BCUT2D eigenvalue weighted by Crippen LogP contribution is -2.50. The van der Waals surface area contributed by atoms with Gasteiger partial charge in [0.25, 0.3) is 0 Å². The third-order valence-electron chi connectivity index (χ3n) is 3.81. The Balaban J connectivity index is 1.50. The average Bonchev–Trinajstić information content (AvgIpc) is 3.27. The summed E-state index contributed by atoms with van der Waals surface area (Å²) in [6, 6.07) is 3.58. The molecule has 1 aliphatic carbocycles. The van der Waals surface area contributed by atoms with Crippen LogP contribution in [-0.4, -0.2) is 47.8 Å². The molecule has 1 saturated heterocycles. The molecule has 2 heterocycles. The summed E-state index contributed by atoms with van der Waals surface area (Å²) in [7, 11) is 0. The van der Waals surface area contributed by atoms with E-state index in [2.05, 4.69) is 15.9 Å². The van der Waals surface area contributed by atoms with Gasteiger partial charge in [-0.2, -0.15) is 0 Å². The van der Waals surface area contributed by atoms with Crippen molar-refractivity contribution in [3.8, 4) is 0 Å². The molecule has 1 aromatic heterocycles. The highest BCUT2D eigenvalue weighted by molar-refractivity contribution is 9.10. The third-order valence-corrected chi connectivity index (χ3v) is 4.24. The first-order valence-electron chi connectivity index (χ1n) is 7.14. The van der Waals surface area contributed by atoms with Crippen LogP contribution in [0.4, 0.5) is 0 Å². The molecular formula is C15H17BrN2O3. The predicted molar refractivity (Wildman–Crippen MR) is 81.3 cm³/mol. The standard InChI is InChI=1S/C15H17BrN2O3/c16-13-5-3-12(21-13)4-6-14(19)17-7-9-18(10-8-17)15(20)11-1-2-11/h3-6,11H,1-2,7-10H2. The summed E-state index contributed by atoms with van der Waals surface area (Å²) < 4.78 is 5.95. The molecule has 21 heavy (non-hydrogen) atoms. The van der Waals surface area contributed by atoms with Crippen molar-refractivity contribution in [2.24, 2.45) is 5.92 Å². The molecule has 0 unspecified atom stereocenters. The number of hydrogen-bond donors (Lipinski definition) is 0. The quantitative estimate of drug-likeness (QED) is 0.783. The predicted octanol–water partition coefficient (Wildman–Crippen LogP) is 2.14. The summed E-state index contributed by atoms with van der Waals surface area (Å²) in [5, 5.41) is 0. The molecule has 1 aromatic rings. The van der Waals surface area contributed by atoms with E-state index in [-0.39, 0.29) is 17.7 Å². The Morgan fingerprint density at radius 3 is 2.38 bits per heavy atom. The van der Waals surface area contributed by atoms with Gasteiger partial charge in [-0.05, 0) is 47.0 Å². The van der Waals surface area contributed by atoms with Crippen LogP contribution in [0.5, 0.6) is 0 Å². The molecule has 3 rings (SSSR count). The Morgan fingerprint density at radius 1 is 1.14 bits per heavy atom. The second-order valence-corrected chi connectivity index (χ2v) is 6.18. The van der Waals surface area contributed by atoms with Crippen molar-refractivity contribution in [1.82, 2.24) is 9.80 Å². The SMILES string of the molecule is O=C(C=Cc1ccc(Br)o1)N1CCN(C(=O)C2CC2)CC1. The van der Waals surface area contributed by atoms with Crippen molar-refractivity contribution in [3.05, 3.63) is 28.6 Å². The minimum absolute atomic E-state index is 0.0407. The van der Waals surface area contributed by atoms with Gasteiger partial charge >= 0.3 is 0 Å². The van der Waals surface area contributed by atoms with Crippen molar-refractivity contribution < 1.29 is 14.0 Å². The lowest BCUT2D eigenvalue weighted by atomic mass is 10.2. The molecule has 6 heteroatoms. The summed E-state index contributed by atoms with van der Waals surface area (Å²) in [5.74, 6) is 1.11. The number of rotatable bonds is 3. The van der Waals surface area contributed by atoms with Gasteiger partial charge in [0, 0.05) is 38.2 Å². The Labute approximate surface area is 131 Å². The van der Waals surface area contributed by atoms with Gasteiger partial charge < -0.3 is 14.2 Å². The maximum Gasteiger partial charge on any atom is 0.246 e. The normalized spacial score (nSPS) is 19.3. The fraction of sp³-hybridized carbons (Fsp3) is 0.467. The minimum atomic E-state index is -0.0407. The summed E-state index contributed by atoms with van der Waals surface area (Å²) in [6.07, 6.45) is 5.23. The van der Waals surface area contributed by atoms with Crippen LogP contribution >= 0.6 is 15.9 Å². The van der Waals surface area contributed by atoms with Gasteiger partial charge in [0.15, 0.2) is 4.67 Å². The molecule has 1 saturated carbocycles. The molecule has 2 aliphatic rings. The van der Waals surface area contributed by atoms with Crippen molar-refractivity contribution in [3.63, 3.8) is 0 Å². The topological polar surface area (TPSA) is 53.8 Å². The Morgan fingerprint density at radius 2 is 1.81 bits per heavy atom. The molecule has 0 aromatic carbocycles. The molecule has 2 fully saturated rings. The van der Waals surface area contributed by atoms with Gasteiger partial charge in [-0.15, -0.1) is 0 Å². The number of furan rings is 1. The molecule has 2 amide bonds. The van der Waals surface area contributed by atoms with Crippen LogP contribution in [0.3, 0.4) is 0 Å². The second-order valence-electron chi connectivity index (χ2n) is 5.40. The molecule has 0 spiro atoms. The second kappa shape index (κ2) is 6.05. The molecule has 0 N–H and O–H groups in total. The van der Waals surface area contributed by atoms with E-state index in [0.717, 1.165) is 12.8 Å². The molecule has 0 atom stereocenters. The van der Waals surface area contributed by atoms with Crippen LogP contribution in [-0.2, 0) is 9.59 Å². The zero-order chi connectivity index (χ0) is 14.8. The Kier molecular flexibility index (Phi) is 4.14. The van der Waals surface area contributed by atoms with Crippen molar-refractivity contribution in [2.75, 3.05) is 26.2 Å². The van der Waals surface area contributed by atoms with Gasteiger partial charge in [0.05, 0.1) is 0 Å². The van der Waals surface area contributed by atoms with Crippen molar-refractivity contribution >= 4 is 33.8 Å². The van der Waals surface area contributed by atoms with E-state index in [4.69, 9.17) is 4.42 Å². The third kappa shape index (κ3) is 3.56. The van der Waals surface area contributed by atoms with Crippen LogP contribution in [0.2, 0.25) is 0 Å². The van der Waals surface area contributed by atoms with Crippen molar-refractivity contribution in [1.29, 1.82) is 0 Å². The van der Waals surface area contributed by atoms with Gasteiger partial charge in [-0.25, -0.2) is 0 Å². The molecule has 112 valence electrons. The van der Waals surface area contributed by atoms with Gasteiger partial charge in [0.1, 0.15) is 5.76 Å². The molecular weight excluding hydrogens is 336 g/mol. The zero-order valence-corrected chi connectivity index (χ0v) is 13.2. The lowest BCUT2D eigenvalue weighted by molar-refractivity contribution is -0.138. The van der Waals surface area contributed by atoms with E-state index in [9.17, 15) is 9.59 Å². The Bertz CT molecular complexity index is 569. The average molecular weight is 353 g/mol. The number of carbonyl (C=O) groups is 2. The number of piperazine rings is 1. The van der Waals surface area contributed by atoms with Crippen LogP contribution in [0.1, 0.15) is 18.6 Å². The first kappa shape index (κ1) is 14.4. The van der Waals surface area contributed by atoms with E-state index in [1.54, 1.807) is 23.1 Å². The first-order valence-corrected chi connectivity index (χ1v) is 7.94. The van der Waals surface area contributed by atoms with Gasteiger partial charge in [0.2, 0.25) is 11.8 Å². The van der Waals surface area contributed by atoms with Crippen LogP contribution in [0.25, 0.3) is 6.08 Å². The first-order chi connectivity index (χ1) is 10.1. The van der Waals surface area contributed by atoms with Crippen LogP contribution in [0.15, 0.2) is 27.3 Å². The highest BCUT2D eigenvalue weighted by Crippen LogP contribution is 2.31. The van der Waals surface area contributed by atoms with E-state index < -0.39 is 0 Å². The van der Waals surface area contributed by atoms with E-state index in [0.29, 0.717) is 36.6 Å². The molecule has 5 nitrogen and oxygen atoms in total. The number of amides is 2. The van der Waals surface area contributed by atoms with Crippen LogP contribution < -0.4 is 0 Å². The lowest BCUT2D eigenvalue weighted by Gasteiger charge is -2.34. The molecule has 1 aliphatic heterocycles. The van der Waals surface area contributed by atoms with Crippen LogP contribution in [0, 0.1) is 5.92 Å². The summed E-state index contributed by atoms with van der Waals surface area (Å²) in [4.78, 5) is 27.7. The van der Waals surface area contributed by atoms with Crippen molar-refractivity contribution in [2.45, 2.75) is 12.8 Å².